The molecule has 132 valence electrons. The molecule has 4 heteroatoms. The minimum absolute atomic E-state index is 0.116. The van der Waals surface area contributed by atoms with Gasteiger partial charge in [0.1, 0.15) is 5.82 Å². The molecule has 1 atom stereocenters. The van der Waals surface area contributed by atoms with Crippen LogP contribution in [-0.2, 0) is 0 Å². The van der Waals surface area contributed by atoms with Gasteiger partial charge in [0.15, 0.2) is 0 Å². The fourth-order valence-electron chi connectivity index (χ4n) is 2.96. The molecule has 3 aromatic rings. The van der Waals surface area contributed by atoms with Crippen molar-refractivity contribution in [3.05, 3.63) is 90.3 Å². The summed E-state index contributed by atoms with van der Waals surface area (Å²) >= 11 is 0. The largest absolute Gasteiger partial charge is 0.348 e. The van der Waals surface area contributed by atoms with E-state index in [9.17, 15) is 0 Å². The summed E-state index contributed by atoms with van der Waals surface area (Å²) < 4.78 is 0. The average Bonchev–Trinajstić information content (AvgIpc) is 2.65. The van der Waals surface area contributed by atoms with Gasteiger partial charge in [0, 0.05) is 18.1 Å². The first-order chi connectivity index (χ1) is 12.6. The number of nitrogens with zero attached hydrogens (tertiary/aromatic N) is 3. The lowest BCUT2D eigenvalue weighted by Crippen LogP contribution is -2.14. The zero-order valence-electron chi connectivity index (χ0n) is 15.5. The van der Waals surface area contributed by atoms with Gasteiger partial charge < -0.3 is 10.2 Å². The first-order valence-corrected chi connectivity index (χ1v) is 8.72. The van der Waals surface area contributed by atoms with Crippen LogP contribution in [0.3, 0.4) is 0 Å². The Morgan fingerprint density at radius 2 is 1.85 bits per heavy atom. The lowest BCUT2D eigenvalue weighted by molar-refractivity contribution is 0.859. The van der Waals surface area contributed by atoms with E-state index in [1.54, 1.807) is 12.4 Å². The predicted molar refractivity (Wildman–Crippen MR) is 109 cm³/mol. The van der Waals surface area contributed by atoms with Crippen LogP contribution >= 0.6 is 0 Å². The van der Waals surface area contributed by atoms with E-state index in [0.717, 1.165) is 11.5 Å². The molecule has 0 amide bonds. The van der Waals surface area contributed by atoms with Crippen molar-refractivity contribution in [2.24, 2.45) is 0 Å². The summed E-state index contributed by atoms with van der Waals surface area (Å²) in [6.45, 7) is 10.2. The fourth-order valence-corrected chi connectivity index (χ4v) is 2.96. The standard InChI is InChI=1S/C22H24N4/c1-5-26(20-12-11-16(2)15-17(20)3)21-13-14-23-22(25-21)24-18(4)19-9-7-6-8-10-19/h5-15,18H,1H2,2-4H3,(H,23,24,25)/t18-/m0/s1. The molecule has 3 rings (SSSR count). The molecule has 0 unspecified atom stereocenters. The summed E-state index contributed by atoms with van der Waals surface area (Å²) in [5.74, 6) is 1.38. The Balaban J connectivity index is 1.86. The van der Waals surface area contributed by atoms with Crippen LogP contribution in [0.1, 0.15) is 29.7 Å². The molecule has 2 aromatic carbocycles. The molecule has 1 aromatic heterocycles. The normalized spacial score (nSPS) is 11.7. The third-order valence-corrected chi connectivity index (χ3v) is 4.33. The number of benzene rings is 2. The molecular weight excluding hydrogens is 320 g/mol. The number of hydrogen-bond donors (Lipinski definition) is 1. The van der Waals surface area contributed by atoms with Gasteiger partial charge in [-0.25, -0.2) is 4.98 Å². The lowest BCUT2D eigenvalue weighted by atomic mass is 10.1. The second-order valence-corrected chi connectivity index (χ2v) is 6.36. The van der Waals surface area contributed by atoms with E-state index in [4.69, 9.17) is 0 Å². The van der Waals surface area contributed by atoms with Gasteiger partial charge in [-0.05, 0) is 44.0 Å². The predicted octanol–water partition coefficient (Wildman–Crippen LogP) is 5.55. The van der Waals surface area contributed by atoms with Gasteiger partial charge >= 0.3 is 0 Å². The average molecular weight is 344 g/mol. The Bertz CT molecular complexity index is 890. The highest BCUT2D eigenvalue weighted by Gasteiger charge is 2.12. The van der Waals surface area contributed by atoms with Crippen molar-refractivity contribution in [3.63, 3.8) is 0 Å². The molecule has 0 aliphatic rings. The minimum atomic E-state index is 0.116. The topological polar surface area (TPSA) is 41.1 Å². The summed E-state index contributed by atoms with van der Waals surface area (Å²) in [7, 11) is 0. The van der Waals surface area contributed by atoms with E-state index in [0.29, 0.717) is 5.95 Å². The molecule has 1 heterocycles. The first-order valence-electron chi connectivity index (χ1n) is 8.72. The minimum Gasteiger partial charge on any atom is -0.348 e. The van der Waals surface area contributed by atoms with Gasteiger partial charge in [-0.2, -0.15) is 4.98 Å². The van der Waals surface area contributed by atoms with Gasteiger partial charge in [-0.1, -0.05) is 54.6 Å². The second-order valence-electron chi connectivity index (χ2n) is 6.36. The zero-order chi connectivity index (χ0) is 18.5. The second kappa shape index (κ2) is 7.83. The lowest BCUT2D eigenvalue weighted by Gasteiger charge is -2.22. The summed E-state index contributed by atoms with van der Waals surface area (Å²) in [4.78, 5) is 11.0. The third-order valence-electron chi connectivity index (χ3n) is 4.33. The number of rotatable bonds is 6. The maximum atomic E-state index is 4.68. The van der Waals surface area contributed by atoms with Crippen molar-refractivity contribution >= 4 is 17.5 Å². The first kappa shape index (κ1) is 17.7. The van der Waals surface area contributed by atoms with Crippen molar-refractivity contribution in [1.82, 2.24) is 9.97 Å². The maximum Gasteiger partial charge on any atom is 0.225 e. The number of nitrogens with one attached hydrogen (secondary N) is 1. The number of hydrogen-bond acceptors (Lipinski definition) is 4. The summed E-state index contributed by atoms with van der Waals surface area (Å²) in [6.07, 6.45) is 3.55. The Hall–Kier alpha value is -3.14. The van der Waals surface area contributed by atoms with Crippen LogP contribution in [0.2, 0.25) is 0 Å². The van der Waals surface area contributed by atoms with E-state index in [2.05, 4.69) is 73.0 Å². The molecule has 4 nitrogen and oxygen atoms in total. The van der Waals surface area contributed by atoms with Crippen molar-refractivity contribution < 1.29 is 0 Å². The molecule has 0 bridgehead atoms. The van der Waals surface area contributed by atoms with Crippen LogP contribution < -0.4 is 10.2 Å². The van der Waals surface area contributed by atoms with E-state index in [1.165, 1.54) is 16.7 Å². The number of aryl methyl sites for hydroxylation is 2. The molecule has 0 aliphatic heterocycles. The monoisotopic (exact) mass is 344 g/mol. The fraction of sp³-hybridized carbons (Fsp3) is 0.182. The molecule has 0 fully saturated rings. The maximum absolute atomic E-state index is 4.68. The van der Waals surface area contributed by atoms with Gasteiger partial charge in [0.2, 0.25) is 5.95 Å². The van der Waals surface area contributed by atoms with Gasteiger partial charge in [0.25, 0.3) is 0 Å². The molecule has 0 spiro atoms. The highest BCUT2D eigenvalue weighted by molar-refractivity contribution is 5.67. The molecule has 0 saturated carbocycles. The van der Waals surface area contributed by atoms with Crippen molar-refractivity contribution in [2.75, 3.05) is 10.2 Å². The Morgan fingerprint density at radius 3 is 2.54 bits per heavy atom. The summed E-state index contributed by atoms with van der Waals surface area (Å²) in [5, 5.41) is 3.37. The van der Waals surface area contributed by atoms with E-state index in [1.807, 2.05) is 29.2 Å². The molecular formula is C22H24N4. The molecule has 0 saturated heterocycles. The Morgan fingerprint density at radius 1 is 1.08 bits per heavy atom. The van der Waals surface area contributed by atoms with E-state index >= 15 is 0 Å². The molecule has 1 N–H and O–H groups in total. The smallest absolute Gasteiger partial charge is 0.225 e. The number of anilines is 3. The van der Waals surface area contributed by atoms with Crippen LogP contribution in [0.25, 0.3) is 0 Å². The van der Waals surface area contributed by atoms with Gasteiger partial charge in [-0.15, -0.1) is 0 Å². The van der Waals surface area contributed by atoms with Crippen molar-refractivity contribution in [1.29, 1.82) is 0 Å². The zero-order valence-corrected chi connectivity index (χ0v) is 15.5. The Labute approximate surface area is 155 Å². The highest BCUT2D eigenvalue weighted by atomic mass is 15.2. The number of aromatic nitrogens is 2. The van der Waals surface area contributed by atoms with Crippen molar-refractivity contribution in [3.8, 4) is 0 Å². The quantitative estimate of drug-likeness (QED) is 0.636. The highest BCUT2D eigenvalue weighted by Crippen LogP contribution is 2.28. The van der Waals surface area contributed by atoms with Crippen LogP contribution in [0.15, 0.2) is 73.6 Å². The Kier molecular flexibility index (Phi) is 5.32. The SMILES string of the molecule is C=CN(c1ccnc(N[C@@H](C)c2ccccc2)n1)c1ccc(C)cc1C. The van der Waals surface area contributed by atoms with Crippen LogP contribution in [-0.4, -0.2) is 9.97 Å². The van der Waals surface area contributed by atoms with Crippen LogP contribution in [0, 0.1) is 13.8 Å². The van der Waals surface area contributed by atoms with Gasteiger partial charge in [-0.3, -0.25) is 0 Å². The van der Waals surface area contributed by atoms with Gasteiger partial charge in [0.05, 0.1) is 6.04 Å². The molecule has 0 radical (unpaired) electrons. The van der Waals surface area contributed by atoms with E-state index < -0.39 is 0 Å². The summed E-state index contributed by atoms with van der Waals surface area (Å²) in [5.41, 5.74) is 4.66. The molecule has 0 aliphatic carbocycles. The van der Waals surface area contributed by atoms with E-state index in [-0.39, 0.29) is 6.04 Å². The molecule has 26 heavy (non-hydrogen) atoms. The third kappa shape index (κ3) is 3.91. The van der Waals surface area contributed by atoms with Crippen LogP contribution in [0.5, 0.6) is 0 Å². The van der Waals surface area contributed by atoms with Crippen LogP contribution in [0.4, 0.5) is 17.5 Å². The van der Waals surface area contributed by atoms with Crippen molar-refractivity contribution in [2.45, 2.75) is 26.8 Å². The summed E-state index contributed by atoms with van der Waals surface area (Å²) in [6, 6.07) is 18.6.